The van der Waals surface area contributed by atoms with E-state index < -0.39 is 33.8 Å². The summed E-state index contributed by atoms with van der Waals surface area (Å²) in [7, 11) is -4.42. The molecule has 16 nitrogen and oxygen atoms in total. The highest BCUT2D eigenvalue weighted by Crippen LogP contribution is 2.28. The van der Waals surface area contributed by atoms with Gasteiger partial charge in [-0.25, -0.2) is 10.5 Å². The van der Waals surface area contributed by atoms with Crippen LogP contribution in [-0.4, -0.2) is 95.4 Å². The van der Waals surface area contributed by atoms with Gasteiger partial charge in [-0.3, -0.25) is 28.9 Å². The van der Waals surface area contributed by atoms with Crippen molar-refractivity contribution in [1.29, 1.82) is 0 Å². The minimum absolute atomic E-state index is 0.00293. The molecule has 2 aromatic carbocycles. The fraction of sp³-hybridized carbons (Fsp3) is 0.417. The number of amides is 4. The molecule has 0 unspecified atom stereocenters. The second-order valence-corrected chi connectivity index (χ2v) is 14.4. The van der Waals surface area contributed by atoms with Gasteiger partial charge in [-0.2, -0.15) is 13.5 Å². The van der Waals surface area contributed by atoms with Gasteiger partial charge in [0.25, 0.3) is 16.0 Å². The van der Waals surface area contributed by atoms with Crippen molar-refractivity contribution < 1.29 is 42.1 Å². The molecule has 4 N–H and O–H groups in total. The minimum atomic E-state index is -4.42. The van der Waals surface area contributed by atoms with Crippen LogP contribution in [0, 0.1) is 18.8 Å². The average molecular weight is 750 g/mol. The number of carbonyl (C=O) groups is 4. The zero-order valence-corrected chi connectivity index (χ0v) is 30.1. The second kappa shape index (κ2) is 18.1. The van der Waals surface area contributed by atoms with E-state index in [2.05, 4.69) is 20.5 Å². The summed E-state index contributed by atoms with van der Waals surface area (Å²) in [6.45, 7) is 3.57. The zero-order chi connectivity index (χ0) is 38.0. The lowest BCUT2D eigenvalue weighted by Gasteiger charge is -2.40. The van der Waals surface area contributed by atoms with Gasteiger partial charge in [0.15, 0.2) is 5.82 Å². The number of aromatic nitrogens is 1. The Kier molecular flexibility index (Phi) is 13.4. The zero-order valence-electron chi connectivity index (χ0n) is 29.3. The van der Waals surface area contributed by atoms with Crippen molar-refractivity contribution >= 4 is 39.6 Å². The molecule has 0 bridgehead atoms. The van der Waals surface area contributed by atoms with Crippen molar-refractivity contribution in [3.8, 4) is 0 Å². The Labute approximate surface area is 307 Å². The standard InChI is InChI=1S/C36H43N7O9S/c1-24-6-8-25(9-7-24)23-52-28-13-17-42(18-14-28)36(47)29-15-19-43(22-30(29)35(46)41-48)33(44)12-16-37-34(45)27-10-11-32(38-20-27)40-39-21-26-4-2-3-5-31(26)53(49,50)51/h2-11,20,28-30,48H,12-19,21-23H2,1H3,(H,37,45)(H,41,46)(H,49,50,51)/t29-,30-/m0/s1. The number of likely N-dealkylation sites (tertiary alicyclic amines) is 2. The van der Waals surface area contributed by atoms with Crippen LogP contribution in [0.25, 0.3) is 0 Å². The molecule has 5 rings (SSSR count). The molecule has 2 saturated heterocycles. The van der Waals surface area contributed by atoms with Crippen LogP contribution < -0.4 is 10.8 Å². The number of hydroxylamine groups is 1. The van der Waals surface area contributed by atoms with Crippen molar-refractivity contribution in [2.45, 2.75) is 56.8 Å². The Morgan fingerprint density at radius 2 is 1.66 bits per heavy atom. The fourth-order valence-corrected chi connectivity index (χ4v) is 7.11. The number of nitrogens with zero attached hydrogens (tertiary/aromatic N) is 5. The van der Waals surface area contributed by atoms with Crippen molar-refractivity contribution in [2.24, 2.45) is 22.1 Å². The van der Waals surface area contributed by atoms with Gasteiger partial charge in [-0.1, -0.05) is 48.0 Å². The Morgan fingerprint density at radius 3 is 2.34 bits per heavy atom. The first-order valence-corrected chi connectivity index (χ1v) is 18.7. The molecule has 0 aliphatic carbocycles. The van der Waals surface area contributed by atoms with Crippen LogP contribution in [-0.2, 0) is 42.4 Å². The van der Waals surface area contributed by atoms with Crippen LogP contribution in [0.15, 0.2) is 82.0 Å². The van der Waals surface area contributed by atoms with Crippen LogP contribution in [0.1, 0.15) is 52.7 Å². The monoisotopic (exact) mass is 749 g/mol. The van der Waals surface area contributed by atoms with Crippen molar-refractivity contribution in [3.63, 3.8) is 0 Å². The van der Waals surface area contributed by atoms with Crippen LogP contribution in [0.2, 0.25) is 0 Å². The van der Waals surface area contributed by atoms with Gasteiger partial charge in [0, 0.05) is 45.3 Å². The number of hydrogen-bond acceptors (Lipinski definition) is 11. The molecule has 2 fully saturated rings. The molecule has 3 heterocycles. The van der Waals surface area contributed by atoms with Gasteiger partial charge in [0.05, 0.1) is 41.6 Å². The lowest BCUT2D eigenvalue weighted by atomic mass is 9.83. The lowest BCUT2D eigenvalue weighted by Crippen LogP contribution is -2.54. The predicted molar refractivity (Wildman–Crippen MR) is 189 cm³/mol. The Hall–Kier alpha value is -5.10. The number of hydrogen-bond donors (Lipinski definition) is 4. The maximum absolute atomic E-state index is 13.6. The molecule has 2 atom stereocenters. The largest absolute Gasteiger partial charge is 0.373 e. The molecular weight excluding hydrogens is 707 g/mol. The number of piperidine rings is 2. The van der Waals surface area contributed by atoms with E-state index in [0.717, 1.165) is 5.56 Å². The summed E-state index contributed by atoms with van der Waals surface area (Å²) in [5.74, 6) is -3.18. The lowest BCUT2D eigenvalue weighted by molar-refractivity contribution is -0.152. The number of ether oxygens (including phenoxy) is 1. The summed E-state index contributed by atoms with van der Waals surface area (Å²) in [5.41, 5.74) is 4.38. The van der Waals surface area contributed by atoms with Crippen LogP contribution in [0.3, 0.4) is 0 Å². The first-order valence-electron chi connectivity index (χ1n) is 17.3. The number of benzene rings is 2. The molecule has 3 aromatic rings. The Balaban J connectivity index is 1.06. The van der Waals surface area contributed by atoms with E-state index in [4.69, 9.17) is 4.74 Å². The maximum atomic E-state index is 13.6. The molecule has 0 spiro atoms. The molecule has 1 aromatic heterocycles. The SMILES string of the molecule is Cc1ccc(COC2CCN(C(=O)[C@H]3CCN(C(=O)CCNC(=O)c4ccc(N=NCc5ccccc5S(=O)(=O)O)nc4)C[C@@H]3C(=O)NO)CC2)cc1. The third kappa shape index (κ3) is 10.7. The molecule has 2 aliphatic heterocycles. The summed E-state index contributed by atoms with van der Waals surface area (Å²) in [6, 6.07) is 16.9. The first kappa shape index (κ1) is 39.1. The molecule has 53 heavy (non-hydrogen) atoms. The summed E-state index contributed by atoms with van der Waals surface area (Å²) >= 11 is 0. The van der Waals surface area contributed by atoms with Crippen molar-refractivity contribution in [3.05, 3.63) is 89.1 Å². The van der Waals surface area contributed by atoms with Crippen LogP contribution in [0.4, 0.5) is 5.82 Å². The van der Waals surface area contributed by atoms with Gasteiger partial charge in [0.2, 0.25) is 17.7 Å². The topological polar surface area (TPSA) is 220 Å². The van der Waals surface area contributed by atoms with Crippen LogP contribution in [0.5, 0.6) is 0 Å². The molecule has 282 valence electrons. The number of nitrogens with one attached hydrogen (secondary N) is 2. The molecule has 0 saturated carbocycles. The van der Waals surface area contributed by atoms with Gasteiger partial charge in [-0.15, -0.1) is 5.11 Å². The molecular formula is C36H43N7O9S. The summed E-state index contributed by atoms with van der Waals surface area (Å²) in [5, 5.41) is 20.0. The van der Waals surface area contributed by atoms with Crippen LogP contribution >= 0.6 is 0 Å². The van der Waals surface area contributed by atoms with Crippen molar-refractivity contribution in [2.75, 3.05) is 32.7 Å². The van der Waals surface area contributed by atoms with Gasteiger partial charge in [-0.05, 0) is 55.5 Å². The van der Waals surface area contributed by atoms with Gasteiger partial charge < -0.3 is 19.9 Å². The number of rotatable bonds is 13. The van der Waals surface area contributed by atoms with E-state index in [-0.39, 0.29) is 78.8 Å². The highest BCUT2D eigenvalue weighted by molar-refractivity contribution is 7.85. The third-order valence-electron chi connectivity index (χ3n) is 9.39. The van der Waals surface area contributed by atoms with E-state index in [1.54, 1.807) is 16.4 Å². The molecule has 17 heteroatoms. The molecule has 4 amide bonds. The minimum Gasteiger partial charge on any atom is -0.373 e. The van der Waals surface area contributed by atoms with Crippen molar-refractivity contribution in [1.82, 2.24) is 25.6 Å². The number of aryl methyl sites for hydroxylation is 1. The second-order valence-electron chi connectivity index (χ2n) is 13.0. The van der Waals surface area contributed by atoms with E-state index in [1.165, 1.54) is 47.0 Å². The number of azo groups is 1. The first-order chi connectivity index (χ1) is 25.4. The predicted octanol–water partition coefficient (Wildman–Crippen LogP) is 3.22. The normalized spacial score (nSPS) is 18.2. The smallest absolute Gasteiger partial charge is 0.294 e. The number of pyridine rings is 1. The summed E-state index contributed by atoms with van der Waals surface area (Å²) < 4.78 is 38.5. The molecule has 0 radical (unpaired) electrons. The Morgan fingerprint density at radius 1 is 0.943 bits per heavy atom. The summed E-state index contributed by atoms with van der Waals surface area (Å²) in [4.78, 5) is 59.0. The van der Waals surface area contributed by atoms with E-state index in [1.807, 2.05) is 31.2 Å². The van der Waals surface area contributed by atoms with E-state index in [9.17, 15) is 37.4 Å². The van der Waals surface area contributed by atoms with E-state index >= 15 is 0 Å². The highest BCUT2D eigenvalue weighted by Gasteiger charge is 2.42. The fourth-order valence-electron chi connectivity index (χ4n) is 6.39. The average Bonchev–Trinajstić information content (AvgIpc) is 3.17. The number of carbonyl (C=O) groups excluding carboxylic acids is 4. The third-order valence-corrected chi connectivity index (χ3v) is 10.3. The highest BCUT2D eigenvalue weighted by atomic mass is 32.2. The van der Waals surface area contributed by atoms with E-state index in [0.29, 0.717) is 32.5 Å². The molecule has 2 aliphatic rings. The maximum Gasteiger partial charge on any atom is 0.294 e. The summed E-state index contributed by atoms with van der Waals surface area (Å²) in [6.07, 6.45) is 2.82. The van der Waals surface area contributed by atoms with Gasteiger partial charge >= 0.3 is 0 Å². The quantitative estimate of drug-likeness (QED) is 0.0865. The van der Waals surface area contributed by atoms with Gasteiger partial charge in [0.1, 0.15) is 0 Å². The Bertz CT molecular complexity index is 1900.